The third-order valence-corrected chi connectivity index (χ3v) is 3.48. The molecule has 0 aliphatic rings. The number of anilines is 1. The van der Waals surface area contributed by atoms with Gasteiger partial charge in [-0.15, -0.1) is 0 Å². The molecule has 1 N–H and O–H groups in total. The van der Waals surface area contributed by atoms with Gasteiger partial charge in [-0.25, -0.2) is 9.59 Å². The van der Waals surface area contributed by atoms with Crippen LogP contribution in [0.1, 0.15) is 54.4 Å². The molecular formula is C21H32N2O5. The zero-order chi connectivity index (χ0) is 21.4. The van der Waals surface area contributed by atoms with Crippen LogP contribution in [0.15, 0.2) is 30.3 Å². The van der Waals surface area contributed by atoms with Gasteiger partial charge in [0.2, 0.25) is 0 Å². The average molecular weight is 392 g/mol. The number of rotatable bonds is 7. The summed E-state index contributed by atoms with van der Waals surface area (Å²) in [6, 6.07) is 8.67. The number of carbonyl (C=O) groups is 3. The number of alkyl carbamates (subject to hydrolysis) is 1. The van der Waals surface area contributed by atoms with Gasteiger partial charge in [-0.2, -0.15) is 0 Å². The Morgan fingerprint density at radius 2 is 1.61 bits per heavy atom. The first-order valence-electron chi connectivity index (χ1n) is 9.40. The highest BCUT2D eigenvalue weighted by atomic mass is 16.6. The molecule has 7 heteroatoms. The summed E-state index contributed by atoms with van der Waals surface area (Å²) in [5.74, 6) is 0. The van der Waals surface area contributed by atoms with Crippen LogP contribution >= 0.6 is 0 Å². The van der Waals surface area contributed by atoms with Crippen molar-refractivity contribution in [2.75, 3.05) is 11.4 Å². The van der Waals surface area contributed by atoms with Crippen molar-refractivity contribution < 1.29 is 23.9 Å². The second-order valence-electron chi connectivity index (χ2n) is 8.50. The first-order valence-corrected chi connectivity index (χ1v) is 9.40. The lowest BCUT2D eigenvalue weighted by Crippen LogP contribution is -2.43. The quantitative estimate of drug-likeness (QED) is 0.699. The molecule has 0 aliphatic carbocycles. The predicted molar refractivity (Wildman–Crippen MR) is 108 cm³/mol. The summed E-state index contributed by atoms with van der Waals surface area (Å²) >= 11 is 0. The number of aldehydes is 1. The van der Waals surface area contributed by atoms with Gasteiger partial charge < -0.3 is 19.6 Å². The number of para-hydroxylation sites is 1. The van der Waals surface area contributed by atoms with Crippen molar-refractivity contribution in [2.24, 2.45) is 0 Å². The number of benzene rings is 1. The second kappa shape index (κ2) is 10.1. The third kappa shape index (κ3) is 9.39. The van der Waals surface area contributed by atoms with Crippen LogP contribution in [0.2, 0.25) is 0 Å². The Bertz CT molecular complexity index is 647. The van der Waals surface area contributed by atoms with E-state index in [-0.39, 0.29) is 13.0 Å². The Balaban J connectivity index is 2.86. The minimum atomic E-state index is -0.638. The number of amides is 2. The van der Waals surface area contributed by atoms with Crippen LogP contribution in [0.25, 0.3) is 0 Å². The molecule has 28 heavy (non-hydrogen) atoms. The molecule has 0 aromatic heterocycles. The van der Waals surface area contributed by atoms with Gasteiger partial charge >= 0.3 is 12.2 Å². The van der Waals surface area contributed by atoms with Crippen LogP contribution in [0.5, 0.6) is 0 Å². The van der Waals surface area contributed by atoms with E-state index in [1.54, 1.807) is 53.7 Å². The second-order valence-corrected chi connectivity index (χ2v) is 8.50. The standard InChI is InChI=1S/C21H32N2O5/c1-20(2,3)27-18(25)22-16(13-15-24)12-14-23(17-10-8-7-9-11-17)19(26)28-21(4,5)6/h7-11,15-16H,12-14H2,1-6H3,(H,22,25). The SMILES string of the molecule is CC(C)(C)OC(=O)NC(CC=O)CCN(C(=O)OC(C)(C)C)c1ccccc1. The number of ether oxygens (including phenoxy) is 2. The van der Waals surface area contributed by atoms with Crippen LogP contribution in [-0.4, -0.2) is 42.3 Å². The summed E-state index contributed by atoms with van der Waals surface area (Å²) < 4.78 is 10.7. The van der Waals surface area contributed by atoms with Crippen LogP contribution in [0, 0.1) is 0 Å². The molecule has 1 rings (SSSR count). The van der Waals surface area contributed by atoms with Gasteiger partial charge in [0, 0.05) is 24.7 Å². The van der Waals surface area contributed by atoms with Gasteiger partial charge in [0.05, 0.1) is 0 Å². The van der Waals surface area contributed by atoms with Crippen molar-refractivity contribution in [3.05, 3.63) is 30.3 Å². The molecule has 156 valence electrons. The van der Waals surface area contributed by atoms with Crippen LogP contribution in [0.3, 0.4) is 0 Å². The lowest BCUT2D eigenvalue weighted by molar-refractivity contribution is -0.108. The third-order valence-electron chi connectivity index (χ3n) is 3.48. The van der Waals surface area contributed by atoms with E-state index in [1.807, 2.05) is 18.2 Å². The average Bonchev–Trinajstić information content (AvgIpc) is 2.52. The highest BCUT2D eigenvalue weighted by Gasteiger charge is 2.25. The van der Waals surface area contributed by atoms with Crippen molar-refractivity contribution in [1.29, 1.82) is 0 Å². The molecule has 7 nitrogen and oxygen atoms in total. The maximum atomic E-state index is 12.7. The fourth-order valence-corrected chi connectivity index (χ4v) is 2.38. The molecule has 1 aromatic carbocycles. The number of nitrogens with zero attached hydrogens (tertiary/aromatic N) is 1. The summed E-state index contributed by atoms with van der Waals surface area (Å²) in [7, 11) is 0. The van der Waals surface area contributed by atoms with Crippen molar-refractivity contribution in [3.8, 4) is 0 Å². The van der Waals surface area contributed by atoms with E-state index in [0.717, 1.165) is 6.29 Å². The van der Waals surface area contributed by atoms with E-state index < -0.39 is 29.4 Å². The molecule has 0 heterocycles. The number of hydrogen-bond donors (Lipinski definition) is 1. The van der Waals surface area contributed by atoms with Gasteiger partial charge in [0.25, 0.3) is 0 Å². The Morgan fingerprint density at radius 1 is 1.04 bits per heavy atom. The monoisotopic (exact) mass is 392 g/mol. The maximum absolute atomic E-state index is 12.7. The molecule has 2 amide bonds. The molecule has 1 unspecified atom stereocenters. The van der Waals surface area contributed by atoms with Gasteiger partial charge in [-0.05, 0) is 60.1 Å². The minimum absolute atomic E-state index is 0.121. The summed E-state index contributed by atoms with van der Waals surface area (Å²) in [4.78, 5) is 37.2. The Labute approximate surface area is 167 Å². The molecule has 0 spiro atoms. The molecule has 0 aliphatic heterocycles. The highest BCUT2D eigenvalue weighted by Crippen LogP contribution is 2.19. The minimum Gasteiger partial charge on any atom is -0.444 e. The molecule has 1 atom stereocenters. The lowest BCUT2D eigenvalue weighted by Gasteiger charge is -2.29. The Kier molecular flexibility index (Phi) is 8.47. The summed E-state index contributed by atoms with van der Waals surface area (Å²) in [5, 5.41) is 2.70. The molecule has 1 aromatic rings. The summed E-state index contributed by atoms with van der Waals surface area (Å²) in [6.45, 7) is 11.0. The molecule has 0 radical (unpaired) electrons. The number of carbonyl (C=O) groups excluding carboxylic acids is 3. The maximum Gasteiger partial charge on any atom is 0.414 e. The normalized spacial score (nSPS) is 12.6. The molecule has 0 fully saturated rings. The van der Waals surface area contributed by atoms with Crippen molar-refractivity contribution >= 4 is 24.2 Å². The number of hydrogen-bond acceptors (Lipinski definition) is 5. The van der Waals surface area contributed by atoms with E-state index in [4.69, 9.17) is 9.47 Å². The van der Waals surface area contributed by atoms with Crippen molar-refractivity contribution in [3.63, 3.8) is 0 Å². The van der Waals surface area contributed by atoms with E-state index in [1.165, 1.54) is 4.90 Å². The molecule has 0 bridgehead atoms. The van der Waals surface area contributed by atoms with Crippen LogP contribution in [0.4, 0.5) is 15.3 Å². The van der Waals surface area contributed by atoms with Gasteiger partial charge in [0.15, 0.2) is 0 Å². The van der Waals surface area contributed by atoms with Gasteiger partial charge in [0.1, 0.15) is 17.5 Å². The van der Waals surface area contributed by atoms with E-state index >= 15 is 0 Å². The fourth-order valence-electron chi connectivity index (χ4n) is 2.38. The first-order chi connectivity index (χ1) is 12.9. The van der Waals surface area contributed by atoms with E-state index in [9.17, 15) is 14.4 Å². The summed E-state index contributed by atoms with van der Waals surface area (Å²) in [6.07, 6.45) is 0.147. The Morgan fingerprint density at radius 3 is 2.11 bits per heavy atom. The summed E-state index contributed by atoms with van der Waals surface area (Å²) in [5.41, 5.74) is -0.595. The van der Waals surface area contributed by atoms with Gasteiger partial charge in [-0.3, -0.25) is 4.90 Å². The largest absolute Gasteiger partial charge is 0.444 e. The lowest BCUT2D eigenvalue weighted by atomic mass is 10.1. The zero-order valence-electron chi connectivity index (χ0n) is 17.7. The predicted octanol–water partition coefficient (Wildman–Crippen LogP) is 4.30. The Hall–Kier alpha value is -2.57. The number of nitrogens with one attached hydrogen (secondary N) is 1. The van der Waals surface area contributed by atoms with Crippen molar-refractivity contribution in [1.82, 2.24) is 5.32 Å². The van der Waals surface area contributed by atoms with Crippen LogP contribution < -0.4 is 10.2 Å². The fraction of sp³-hybridized carbons (Fsp3) is 0.571. The van der Waals surface area contributed by atoms with Gasteiger partial charge in [-0.1, -0.05) is 18.2 Å². The highest BCUT2D eigenvalue weighted by molar-refractivity contribution is 5.87. The van der Waals surface area contributed by atoms with Crippen molar-refractivity contribution in [2.45, 2.75) is 71.6 Å². The first kappa shape index (κ1) is 23.5. The molecular weight excluding hydrogens is 360 g/mol. The van der Waals surface area contributed by atoms with E-state index in [2.05, 4.69) is 5.32 Å². The molecule has 0 saturated heterocycles. The van der Waals surface area contributed by atoms with Crippen LogP contribution in [-0.2, 0) is 14.3 Å². The topological polar surface area (TPSA) is 84.9 Å². The smallest absolute Gasteiger partial charge is 0.414 e. The zero-order valence-corrected chi connectivity index (χ0v) is 17.7. The van der Waals surface area contributed by atoms with E-state index in [0.29, 0.717) is 12.1 Å². The molecule has 0 saturated carbocycles.